The molecule has 1 aromatic rings. The predicted octanol–water partition coefficient (Wildman–Crippen LogP) is 1.52. The number of benzene rings is 1. The number of aliphatic carboxylic acids is 1. The SMILES string of the molecule is CC(C)(C)Oc1ccc(C[C@H](N[C-]=O)C(=O)O)cc1.[Fm]. The molecule has 0 aliphatic heterocycles. The van der Waals surface area contributed by atoms with Gasteiger partial charge in [0.1, 0.15) is 17.4 Å². The summed E-state index contributed by atoms with van der Waals surface area (Å²) in [6, 6.07) is 6.16. The maximum absolute atomic E-state index is 10.9. The van der Waals surface area contributed by atoms with E-state index < -0.39 is 12.0 Å². The zero-order chi connectivity index (χ0) is 14.5. The Morgan fingerprint density at radius 1 is 1.35 bits per heavy atom. The first kappa shape index (κ1) is 17.0. The van der Waals surface area contributed by atoms with E-state index >= 15 is 0 Å². The summed E-state index contributed by atoms with van der Waals surface area (Å²) in [5.74, 6) is -0.364. The van der Waals surface area contributed by atoms with Gasteiger partial charge in [-0.15, -0.1) is 0 Å². The first-order valence-electron chi connectivity index (χ1n) is 5.95. The van der Waals surface area contributed by atoms with Gasteiger partial charge in [-0.3, -0.25) is 4.79 Å². The van der Waals surface area contributed by atoms with Crippen molar-refractivity contribution >= 4 is 12.4 Å². The van der Waals surface area contributed by atoms with Crippen molar-refractivity contribution in [2.24, 2.45) is 0 Å². The minimum absolute atomic E-state index is 0. The van der Waals surface area contributed by atoms with Crippen LogP contribution >= 0.6 is 0 Å². The van der Waals surface area contributed by atoms with Crippen molar-refractivity contribution in [1.29, 1.82) is 0 Å². The Kier molecular flexibility index (Phi) is 5.75. The first-order valence-corrected chi connectivity index (χ1v) is 5.95. The molecule has 0 saturated carbocycles. The minimum Gasteiger partial charge on any atom is -0.520 e. The van der Waals surface area contributed by atoms with E-state index in [4.69, 9.17) is 9.84 Å². The summed E-state index contributed by atoms with van der Waals surface area (Å²) >= 11 is 0. The number of rotatable bonds is 6. The molecule has 0 radical (unpaired) electrons. The van der Waals surface area contributed by atoms with Gasteiger partial charge in [-0.1, -0.05) is 12.1 Å². The molecule has 20 heavy (non-hydrogen) atoms. The molecule has 0 saturated heterocycles. The van der Waals surface area contributed by atoms with Gasteiger partial charge < -0.3 is 20.0 Å². The molecule has 0 aliphatic carbocycles. The van der Waals surface area contributed by atoms with Crippen molar-refractivity contribution in [2.75, 3.05) is 0 Å². The van der Waals surface area contributed by atoms with Crippen LogP contribution in [0.1, 0.15) is 26.3 Å². The van der Waals surface area contributed by atoms with Crippen LogP contribution in [-0.4, -0.2) is 29.1 Å². The third-order valence-electron chi connectivity index (χ3n) is 2.32. The molecule has 0 aliphatic rings. The normalized spacial score (nSPS) is 11.9. The van der Waals surface area contributed by atoms with E-state index in [9.17, 15) is 9.59 Å². The molecular weight excluding hydrogens is 503 g/mol. The number of hydrogen-bond donors (Lipinski definition) is 2. The van der Waals surface area contributed by atoms with Gasteiger partial charge >= 0.3 is 5.97 Å². The molecule has 0 aromatic heterocycles. The van der Waals surface area contributed by atoms with Gasteiger partial charge in [0.15, 0.2) is 0 Å². The van der Waals surface area contributed by atoms with Crippen LogP contribution in [0.5, 0.6) is 5.75 Å². The summed E-state index contributed by atoms with van der Waals surface area (Å²) in [4.78, 5) is 21.1. The Balaban J connectivity index is 0.00000361. The number of carbonyl (C=O) groups excluding carboxylic acids is 1. The third kappa shape index (κ3) is 5.53. The number of carbonyl (C=O) groups is 1. The van der Waals surface area contributed by atoms with Crippen LogP contribution in [0.2, 0.25) is 0 Å². The van der Waals surface area contributed by atoms with E-state index in [1.165, 1.54) is 6.41 Å². The standard InChI is InChI=1S/C14H18NO4.Fm/c1-14(2,3)19-11-6-4-10(5-7-11)8-12(13(17)18)15-9-16;/h4-7,12H,8H2,1-3H3,(H,15,16)(H,17,18);/q-1;/t12-;/m0./s1. The second-order valence-corrected chi connectivity index (χ2v) is 5.20. The molecule has 1 aromatic carbocycles. The van der Waals surface area contributed by atoms with E-state index in [0.29, 0.717) is 0 Å². The molecule has 0 spiro atoms. The van der Waals surface area contributed by atoms with Crippen LogP contribution in [-0.2, 0) is 16.0 Å². The van der Waals surface area contributed by atoms with Crippen molar-refractivity contribution in [3.8, 4) is 5.75 Å². The molecular formula is C14H18FmNO4-. The van der Waals surface area contributed by atoms with Gasteiger partial charge in [-0.25, -0.2) is 0 Å². The van der Waals surface area contributed by atoms with Crippen molar-refractivity contribution in [1.82, 2.24) is 5.32 Å². The van der Waals surface area contributed by atoms with Crippen molar-refractivity contribution in [3.05, 3.63) is 29.8 Å². The summed E-state index contributed by atoms with van der Waals surface area (Å²) < 4.78 is 5.66. The molecule has 1 atom stereocenters. The fourth-order valence-electron chi connectivity index (χ4n) is 1.55. The second kappa shape index (κ2) is 6.78. The zero-order valence-corrected chi connectivity index (χ0v) is 14.0. The first-order chi connectivity index (χ1) is 8.81. The third-order valence-corrected chi connectivity index (χ3v) is 2.32. The van der Waals surface area contributed by atoms with Gasteiger partial charge in [-0.2, -0.15) is 6.41 Å². The molecule has 5 nitrogen and oxygen atoms in total. The van der Waals surface area contributed by atoms with Gasteiger partial charge in [0.2, 0.25) is 0 Å². The molecule has 6 heteroatoms. The van der Waals surface area contributed by atoms with E-state index in [1.807, 2.05) is 20.8 Å². The van der Waals surface area contributed by atoms with Crippen molar-refractivity contribution < 1.29 is 19.4 Å². The summed E-state index contributed by atoms with van der Waals surface area (Å²) in [6.45, 7) is 5.85. The average Bonchev–Trinajstić information content (AvgIpc) is 2.29. The predicted molar refractivity (Wildman–Crippen MR) is 70.8 cm³/mol. The van der Waals surface area contributed by atoms with Crippen LogP contribution in [0.25, 0.3) is 0 Å². The number of nitrogens with one attached hydrogen (secondary N) is 1. The summed E-state index contributed by atoms with van der Waals surface area (Å²) in [6.07, 6.45) is 1.62. The van der Waals surface area contributed by atoms with E-state index in [1.54, 1.807) is 24.3 Å². The molecule has 1 rings (SSSR count). The smallest absolute Gasteiger partial charge is 0.323 e. The summed E-state index contributed by atoms with van der Waals surface area (Å²) in [5.41, 5.74) is 0.524. The molecule has 116 valence electrons. The van der Waals surface area contributed by atoms with Crippen LogP contribution in [0.4, 0.5) is 0 Å². The molecule has 0 bridgehead atoms. The van der Waals surface area contributed by atoms with E-state index in [-0.39, 0.29) is 12.0 Å². The van der Waals surface area contributed by atoms with Crippen LogP contribution in [0, 0.1) is 0 Å². The molecule has 2 N–H and O–H groups in total. The largest absolute Gasteiger partial charge is 0.520 e. The van der Waals surface area contributed by atoms with Crippen LogP contribution in [0.15, 0.2) is 24.3 Å². The van der Waals surface area contributed by atoms with Gasteiger partial charge in [-0.05, 0) is 38.5 Å². The molecule has 0 fully saturated rings. The Hall–Kier alpha value is -3.04. The quantitative estimate of drug-likeness (QED) is 0.440. The Bertz CT molecular complexity index is 439. The topological polar surface area (TPSA) is 75.6 Å². The van der Waals surface area contributed by atoms with Crippen LogP contribution < -0.4 is 10.1 Å². The fraction of sp³-hybridized carbons (Fsp3) is 0.429. The zero-order valence-electron chi connectivity index (χ0n) is 11.6. The molecule has 0 unspecified atom stereocenters. The summed E-state index contributed by atoms with van der Waals surface area (Å²) in [7, 11) is 0. The maximum atomic E-state index is 10.9. The van der Waals surface area contributed by atoms with Crippen LogP contribution in [0.3, 0.4) is 0 Å². The van der Waals surface area contributed by atoms with E-state index in [2.05, 4.69) is 5.32 Å². The Labute approximate surface area is 112 Å². The van der Waals surface area contributed by atoms with Crippen molar-refractivity contribution in [2.45, 2.75) is 38.8 Å². The summed E-state index contributed by atoms with van der Waals surface area (Å²) in [5, 5.41) is 11.1. The molecule has 1 amide bonds. The molecule has 0 heterocycles. The van der Waals surface area contributed by atoms with E-state index in [0.717, 1.165) is 11.3 Å². The van der Waals surface area contributed by atoms with Gasteiger partial charge in [0.05, 0.1) is 0 Å². The van der Waals surface area contributed by atoms with Gasteiger partial charge in [0.25, 0.3) is 0 Å². The Morgan fingerprint density at radius 2 is 1.90 bits per heavy atom. The monoisotopic (exact) mass is 521 g/mol. The average molecular weight is 521 g/mol. The Morgan fingerprint density at radius 3 is 2.30 bits per heavy atom. The number of amides is 1. The maximum Gasteiger partial charge on any atom is 0.323 e. The second-order valence-electron chi connectivity index (χ2n) is 5.20. The number of ether oxygens (including phenoxy) is 1. The minimum atomic E-state index is -1.08. The fourth-order valence-corrected chi connectivity index (χ4v) is 1.55. The van der Waals surface area contributed by atoms with Crippen molar-refractivity contribution in [3.63, 3.8) is 0 Å². The number of hydrogen-bond acceptors (Lipinski definition) is 3. The van der Waals surface area contributed by atoms with Gasteiger partial charge in [0, 0.05) is 6.42 Å². The number of carboxylic acid groups (broad SMARTS) is 1. The number of carboxylic acids is 1.